The maximum atomic E-state index is 6.14. The van der Waals surface area contributed by atoms with Crippen LogP contribution in [0.4, 0.5) is 0 Å². The van der Waals surface area contributed by atoms with E-state index < -0.39 is 0 Å². The lowest BCUT2D eigenvalue weighted by Gasteiger charge is -2.12. The first-order valence-corrected chi connectivity index (χ1v) is 7.53. The molecular formula is C16H21ClN4. The molecule has 21 heavy (non-hydrogen) atoms. The highest BCUT2D eigenvalue weighted by atomic mass is 35.5. The summed E-state index contributed by atoms with van der Waals surface area (Å²) in [6.07, 6.45) is 4.10. The van der Waals surface area contributed by atoms with Gasteiger partial charge in [-0.25, -0.2) is 4.99 Å². The van der Waals surface area contributed by atoms with Crippen molar-refractivity contribution in [3.8, 4) is 0 Å². The van der Waals surface area contributed by atoms with Crippen LogP contribution in [0, 0.1) is 0 Å². The Kier molecular flexibility index (Phi) is 6.16. The van der Waals surface area contributed by atoms with Gasteiger partial charge in [0.05, 0.1) is 6.54 Å². The summed E-state index contributed by atoms with van der Waals surface area (Å²) in [7, 11) is 0. The molecule has 4 nitrogen and oxygen atoms in total. The minimum absolute atomic E-state index is 0.568. The highest BCUT2D eigenvalue weighted by molar-refractivity contribution is 6.31. The predicted molar refractivity (Wildman–Crippen MR) is 88.7 cm³/mol. The SMILES string of the molecule is CCNC(=NCc1ccccc1Cl)NCCn1cccc1. The minimum atomic E-state index is 0.568. The molecule has 0 unspecified atom stereocenters. The quantitative estimate of drug-likeness (QED) is 0.636. The minimum Gasteiger partial charge on any atom is -0.357 e. The number of benzene rings is 1. The van der Waals surface area contributed by atoms with E-state index in [2.05, 4.69) is 39.5 Å². The molecule has 1 aromatic carbocycles. The van der Waals surface area contributed by atoms with Crippen LogP contribution in [0.1, 0.15) is 12.5 Å². The van der Waals surface area contributed by atoms with Crippen molar-refractivity contribution in [1.82, 2.24) is 15.2 Å². The van der Waals surface area contributed by atoms with Crippen LogP contribution in [0.5, 0.6) is 0 Å². The lowest BCUT2D eigenvalue weighted by Crippen LogP contribution is -2.38. The van der Waals surface area contributed by atoms with Crippen molar-refractivity contribution >= 4 is 17.6 Å². The zero-order valence-corrected chi connectivity index (χ0v) is 13.0. The molecule has 112 valence electrons. The highest BCUT2D eigenvalue weighted by Crippen LogP contribution is 2.15. The Morgan fingerprint density at radius 1 is 1.14 bits per heavy atom. The van der Waals surface area contributed by atoms with Crippen LogP contribution in [0.25, 0.3) is 0 Å². The molecule has 2 aromatic rings. The molecule has 0 saturated carbocycles. The number of guanidine groups is 1. The van der Waals surface area contributed by atoms with Gasteiger partial charge in [-0.3, -0.25) is 0 Å². The Labute approximate surface area is 130 Å². The van der Waals surface area contributed by atoms with Crippen LogP contribution in [-0.2, 0) is 13.1 Å². The van der Waals surface area contributed by atoms with Crippen molar-refractivity contribution in [2.24, 2.45) is 4.99 Å². The number of aliphatic imine (C=N–C) groups is 1. The maximum absolute atomic E-state index is 6.14. The van der Waals surface area contributed by atoms with Gasteiger partial charge in [-0.2, -0.15) is 0 Å². The summed E-state index contributed by atoms with van der Waals surface area (Å²) in [4.78, 5) is 4.56. The molecule has 1 aromatic heterocycles. The van der Waals surface area contributed by atoms with Gasteiger partial charge in [0.25, 0.3) is 0 Å². The van der Waals surface area contributed by atoms with Crippen molar-refractivity contribution in [2.45, 2.75) is 20.0 Å². The standard InChI is InChI=1S/C16H21ClN4/c1-2-18-16(19-9-12-21-10-5-6-11-21)20-13-14-7-3-4-8-15(14)17/h3-8,10-11H,2,9,12-13H2,1H3,(H2,18,19,20). The summed E-state index contributed by atoms with van der Waals surface area (Å²) < 4.78 is 2.13. The largest absolute Gasteiger partial charge is 0.357 e. The first-order valence-electron chi connectivity index (χ1n) is 7.16. The van der Waals surface area contributed by atoms with E-state index >= 15 is 0 Å². The third-order valence-electron chi connectivity index (χ3n) is 3.04. The Hall–Kier alpha value is -1.94. The van der Waals surface area contributed by atoms with Gasteiger partial charge in [0.15, 0.2) is 5.96 Å². The van der Waals surface area contributed by atoms with Crippen molar-refractivity contribution in [1.29, 1.82) is 0 Å². The second kappa shape index (κ2) is 8.37. The van der Waals surface area contributed by atoms with Gasteiger partial charge in [0.1, 0.15) is 0 Å². The summed E-state index contributed by atoms with van der Waals surface area (Å²) in [5.41, 5.74) is 1.03. The van der Waals surface area contributed by atoms with Crippen molar-refractivity contribution in [3.63, 3.8) is 0 Å². The van der Waals surface area contributed by atoms with Crippen LogP contribution in [0.3, 0.4) is 0 Å². The molecule has 0 radical (unpaired) electrons. The Morgan fingerprint density at radius 3 is 2.62 bits per heavy atom. The number of rotatable bonds is 6. The summed E-state index contributed by atoms with van der Waals surface area (Å²) >= 11 is 6.14. The summed E-state index contributed by atoms with van der Waals surface area (Å²) in [5, 5.41) is 7.32. The third kappa shape index (κ3) is 5.16. The van der Waals surface area contributed by atoms with Gasteiger partial charge in [0.2, 0.25) is 0 Å². The number of aromatic nitrogens is 1. The number of halogens is 1. The molecule has 0 aliphatic heterocycles. The Bertz CT molecular complexity index is 563. The maximum Gasteiger partial charge on any atom is 0.191 e. The molecule has 0 aliphatic carbocycles. The molecule has 0 atom stereocenters. The van der Waals surface area contributed by atoms with E-state index in [1.165, 1.54) is 0 Å². The van der Waals surface area contributed by atoms with E-state index in [0.717, 1.165) is 36.2 Å². The summed E-state index contributed by atoms with van der Waals surface area (Å²) in [5.74, 6) is 0.810. The molecule has 0 aliphatic rings. The second-order valence-electron chi connectivity index (χ2n) is 4.63. The van der Waals surface area contributed by atoms with E-state index in [1.54, 1.807) is 0 Å². The first-order chi connectivity index (χ1) is 10.3. The fourth-order valence-electron chi connectivity index (χ4n) is 1.96. The normalized spacial score (nSPS) is 11.4. The number of nitrogens with one attached hydrogen (secondary N) is 2. The Balaban J connectivity index is 1.88. The van der Waals surface area contributed by atoms with Crippen LogP contribution in [0.2, 0.25) is 5.02 Å². The van der Waals surface area contributed by atoms with Gasteiger partial charge in [-0.05, 0) is 30.7 Å². The molecule has 2 rings (SSSR count). The molecule has 0 bridgehead atoms. The van der Waals surface area contributed by atoms with Crippen LogP contribution >= 0.6 is 11.6 Å². The molecule has 0 saturated heterocycles. The molecule has 0 spiro atoms. The zero-order chi connectivity index (χ0) is 14.9. The topological polar surface area (TPSA) is 41.4 Å². The van der Waals surface area contributed by atoms with E-state index in [0.29, 0.717) is 6.54 Å². The van der Waals surface area contributed by atoms with Crippen LogP contribution < -0.4 is 10.6 Å². The van der Waals surface area contributed by atoms with Crippen molar-refractivity contribution in [3.05, 3.63) is 59.4 Å². The summed E-state index contributed by atoms with van der Waals surface area (Å²) in [6.45, 7) is 5.18. The van der Waals surface area contributed by atoms with E-state index in [4.69, 9.17) is 11.6 Å². The average molecular weight is 305 g/mol. The fourth-order valence-corrected chi connectivity index (χ4v) is 2.15. The second-order valence-corrected chi connectivity index (χ2v) is 5.04. The van der Waals surface area contributed by atoms with Crippen LogP contribution in [-0.4, -0.2) is 23.6 Å². The van der Waals surface area contributed by atoms with E-state index in [-0.39, 0.29) is 0 Å². The molecule has 5 heteroatoms. The number of hydrogen-bond donors (Lipinski definition) is 2. The van der Waals surface area contributed by atoms with E-state index in [1.807, 2.05) is 36.4 Å². The lowest BCUT2D eigenvalue weighted by molar-refractivity contribution is 0.666. The average Bonchev–Trinajstić information content (AvgIpc) is 2.99. The van der Waals surface area contributed by atoms with Crippen LogP contribution in [0.15, 0.2) is 53.8 Å². The van der Waals surface area contributed by atoms with Gasteiger partial charge >= 0.3 is 0 Å². The lowest BCUT2D eigenvalue weighted by atomic mass is 10.2. The molecule has 0 fully saturated rings. The number of hydrogen-bond acceptors (Lipinski definition) is 1. The van der Waals surface area contributed by atoms with Crippen molar-refractivity contribution < 1.29 is 0 Å². The first kappa shape index (κ1) is 15.4. The highest BCUT2D eigenvalue weighted by Gasteiger charge is 2.00. The molecule has 0 amide bonds. The van der Waals surface area contributed by atoms with Crippen molar-refractivity contribution in [2.75, 3.05) is 13.1 Å². The third-order valence-corrected chi connectivity index (χ3v) is 3.41. The molecular weight excluding hydrogens is 284 g/mol. The van der Waals surface area contributed by atoms with E-state index in [9.17, 15) is 0 Å². The molecule has 1 heterocycles. The fraction of sp³-hybridized carbons (Fsp3) is 0.312. The van der Waals surface area contributed by atoms with Gasteiger partial charge < -0.3 is 15.2 Å². The van der Waals surface area contributed by atoms with Gasteiger partial charge in [-0.15, -0.1) is 0 Å². The Morgan fingerprint density at radius 2 is 1.90 bits per heavy atom. The number of nitrogens with zero attached hydrogens (tertiary/aromatic N) is 2. The monoisotopic (exact) mass is 304 g/mol. The molecule has 2 N–H and O–H groups in total. The smallest absolute Gasteiger partial charge is 0.191 e. The van der Waals surface area contributed by atoms with Gasteiger partial charge in [-0.1, -0.05) is 29.8 Å². The predicted octanol–water partition coefficient (Wildman–Crippen LogP) is 2.90. The zero-order valence-electron chi connectivity index (χ0n) is 12.2. The van der Waals surface area contributed by atoms with Gasteiger partial charge in [0, 0.05) is 37.1 Å². The summed E-state index contributed by atoms with van der Waals surface area (Å²) in [6, 6.07) is 11.8.